The lowest BCUT2D eigenvalue weighted by Gasteiger charge is -2.11. The van der Waals surface area contributed by atoms with Crippen molar-refractivity contribution in [2.75, 3.05) is 21.2 Å². The summed E-state index contributed by atoms with van der Waals surface area (Å²) in [4.78, 5) is 14.2. The molecule has 0 amide bonds. The van der Waals surface area contributed by atoms with E-state index in [1.807, 2.05) is 14.1 Å². The number of methoxy groups -OCH3 is 1. The molecule has 5 heteroatoms. The van der Waals surface area contributed by atoms with Crippen LogP contribution in [-0.2, 0) is 0 Å². The van der Waals surface area contributed by atoms with Crippen molar-refractivity contribution in [3.8, 4) is 17.2 Å². The van der Waals surface area contributed by atoms with Crippen LogP contribution in [0.5, 0.6) is 17.2 Å². The van der Waals surface area contributed by atoms with Crippen LogP contribution in [0, 0.1) is 0 Å². The van der Waals surface area contributed by atoms with Gasteiger partial charge in [0, 0.05) is 37.5 Å². The number of rotatable bonds is 6. The third kappa shape index (κ3) is 4.76. The van der Waals surface area contributed by atoms with Gasteiger partial charge >= 0.3 is 0 Å². The van der Waals surface area contributed by atoms with Crippen molar-refractivity contribution >= 4 is 17.4 Å². The minimum atomic E-state index is -0.148. The minimum Gasteiger partial charge on any atom is -0.497 e. The smallest absolute Gasteiger partial charge is 0.191 e. The normalized spacial score (nSPS) is 10.6. The summed E-state index contributed by atoms with van der Waals surface area (Å²) in [6.45, 7) is 0. The first-order chi connectivity index (χ1) is 11.0. The highest BCUT2D eigenvalue weighted by Gasteiger charge is 2.13. The van der Waals surface area contributed by atoms with Crippen molar-refractivity contribution in [2.45, 2.75) is 0 Å². The quantitative estimate of drug-likeness (QED) is 0.581. The summed E-state index contributed by atoms with van der Waals surface area (Å²) in [6, 6.07) is 12.0. The fourth-order valence-electron chi connectivity index (χ4n) is 1.85. The van der Waals surface area contributed by atoms with Crippen molar-refractivity contribution < 1.29 is 14.3 Å². The Morgan fingerprint density at radius 2 is 1.74 bits per heavy atom. The van der Waals surface area contributed by atoms with Gasteiger partial charge in [-0.25, -0.2) is 0 Å². The molecule has 0 aliphatic heterocycles. The number of allylic oxidation sites excluding steroid dienone is 1. The number of nitrogens with zero attached hydrogens (tertiary/aromatic N) is 1. The second-order valence-electron chi connectivity index (χ2n) is 5.06. The van der Waals surface area contributed by atoms with E-state index < -0.39 is 0 Å². The lowest BCUT2D eigenvalue weighted by Crippen LogP contribution is -2.04. The van der Waals surface area contributed by atoms with Crippen LogP contribution in [0.2, 0.25) is 5.02 Å². The Balaban J connectivity index is 2.34. The Morgan fingerprint density at radius 3 is 2.35 bits per heavy atom. The highest BCUT2D eigenvalue weighted by Crippen LogP contribution is 2.30. The summed E-state index contributed by atoms with van der Waals surface area (Å²) in [5, 5.41) is 0.619. The van der Waals surface area contributed by atoms with Gasteiger partial charge in [-0.1, -0.05) is 11.6 Å². The number of hydrogen-bond acceptors (Lipinski definition) is 4. The molecule has 120 valence electrons. The van der Waals surface area contributed by atoms with Crippen molar-refractivity contribution in [1.29, 1.82) is 0 Å². The Labute approximate surface area is 140 Å². The number of hydrogen-bond donors (Lipinski definition) is 0. The highest BCUT2D eigenvalue weighted by atomic mass is 35.5. The van der Waals surface area contributed by atoms with E-state index in [0.29, 0.717) is 27.8 Å². The van der Waals surface area contributed by atoms with Gasteiger partial charge in [0.1, 0.15) is 17.2 Å². The number of ketones is 1. The van der Waals surface area contributed by atoms with Crippen molar-refractivity contribution in [3.63, 3.8) is 0 Å². The lowest BCUT2D eigenvalue weighted by molar-refractivity contribution is 0.104. The maximum Gasteiger partial charge on any atom is 0.191 e. The van der Waals surface area contributed by atoms with E-state index in [9.17, 15) is 4.79 Å². The van der Waals surface area contributed by atoms with Gasteiger partial charge in [-0.15, -0.1) is 0 Å². The van der Waals surface area contributed by atoms with Crippen LogP contribution in [0.4, 0.5) is 0 Å². The molecule has 0 unspecified atom stereocenters. The summed E-state index contributed by atoms with van der Waals surface area (Å²) in [5.41, 5.74) is 0.457. The maximum atomic E-state index is 12.4. The fraction of sp³-hybridized carbons (Fsp3) is 0.167. The first-order valence-corrected chi connectivity index (χ1v) is 7.38. The highest BCUT2D eigenvalue weighted by molar-refractivity contribution is 6.30. The zero-order valence-electron chi connectivity index (χ0n) is 13.2. The molecule has 0 radical (unpaired) electrons. The van der Waals surface area contributed by atoms with Gasteiger partial charge in [-0.05, 0) is 36.4 Å². The van der Waals surface area contributed by atoms with Crippen molar-refractivity contribution in [3.05, 3.63) is 65.3 Å². The molecule has 0 atom stereocenters. The molecule has 2 aromatic rings. The van der Waals surface area contributed by atoms with E-state index in [1.165, 1.54) is 6.08 Å². The molecule has 23 heavy (non-hydrogen) atoms. The standard InChI is InChI=1S/C18H18ClNO3/c1-20(2)11-10-17(21)16-9-8-15(22-3)12-18(16)23-14-6-4-13(19)5-7-14/h4-12H,1-3H3/b11-10+. The maximum absolute atomic E-state index is 12.4. The van der Waals surface area contributed by atoms with Crippen LogP contribution < -0.4 is 9.47 Å². The molecule has 0 bridgehead atoms. The Morgan fingerprint density at radius 1 is 1.09 bits per heavy atom. The van der Waals surface area contributed by atoms with Gasteiger partial charge in [0.15, 0.2) is 5.78 Å². The molecule has 0 saturated heterocycles. The van der Waals surface area contributed by atoms with E-state index in [4.69, 9.17) is 21.1 Å². The molecular formula is C18H18ClNO3. The van der Waals surface area contributed by atoms with Crippen molar-refractivity contribution in [1.82, 2.24) is 4.90 Å². The minimum absolute atomic E-state index is 0.148. The van der Waals surface area contributed by atoms with Gasteiger partial charge in [0.25, 0.3) is 0 Å². The molecular weight excluding hydrogens is 314 g/mol. The molecule has 2 aromatic carbocycles. The first kappa shape index (κ1) is 16.9. The van der Waals surface area contributed by atoms with Crippen LogP contribution in [0.3, 0.4) is 0 Å². The molecule has 2 rings (SSSR count). The van der Waals surface area contributed by atoms with Crippen LogP contribution >= 0.6 is 11.6 Å². The molecule has 4 nitrogen and oxygen atoms in total. The van der Waals surface area contributed by atoms with Crippen LogP contribution in [-0.4, -0.2) is 31.9 Å². The number of halogens is 1. The lowest BCUT2D eigenvalue weighted by atomic mass is 10.1. The number of ether oxygens (including phenoxy) is 2. The molecule has 0 saturated carbocycles. The van der Waals surface area contributed by atoms with E-state index in [2.05, 4.69) is 0 Å². The summed E-state index contributed by atoms with van der Waals surface area (Å²) in [6.07, 6.45) is 3.19. The fourth-order valence-corrected chi connectivity index (χ4v) is 1.98. The van der Waals surface area contributed by atoms with Gasteiger partial charge in [-0.2, -0.15) is 0 Å². The number of carbonyl (C=O) groups is 1. The molecule has 0 fully saturated rings. The molecule has 0 aromatic heterocycles. The van der Waals surface area contributed by atoms with E-state index in [0.717, 1.165) is 0 Å². The van der Waals surface area contributed by atoms with Crippen molar-refractivity contribution in [2.24, 2.45) is 0 Å². The summed E-state index contributed by atoms with van der Waals surface area (Å²) in [7, 11) is 5.26. The zero-order chi connectivity index (χ0) is 16.8. The molecule has 0 heterocycles. The SMILES string of the molecule is COc1ccc(C(=O)/C=C/N(C)C)c(Oc2ccc(Cl)cc2)c1. The van der Waals surface area contributed by atoms with Gasteiger partial charge in [0.2, 0.25) is 0 Å². The average molecular weight is 332 g/mol. The zero-order valence-corrected chi connectivity index (χ0v) is 14.0. The van der Waals surface area contributed by atoms with Gasteiger partial charge < -0.3 is 14.4 Å². The van der Waals surface area contributed by atoms with E-state index in [-0.39, 0.29) is 5.78 Å². The summed E-state index contributed by atoms with van der Waals surface area (Å²) < 4.78 is 11.0. The second-order valence-corrected chi connectivity index (χ2v) is 5.50. The topological polar surface area (TPSA) is 38.8 Å². The largest absolute Gasteiger partial charge is 0.497 e. The first-order valence-electron chi connectivity index (χ1n) is 7.00. The molecule has 0 aliphatic rings. The second kappa shape index (κ2) is 7.70. The third-order valence-electron chi connectivity index (χ3n) is 3.02. The molecule has 0 spiro atoms. The van der Waals surface area contributed by atoms with E-state index >= 15 is 0 Å². The van der Waals surface area contributed by atoms with Crippen LogP contribution in [0.15, 0.2) is 54.7 Å². The van der Waals surface area contributed by atoms with E-state index in [1.54, 1.807) is 60.7 Å². The van der Waals surface area contributed by atoms with Gasteiger partial charge in [0.05, 0.1) is 12.7 Å². The van der Waals surface area contributed by atoms with Crippen LogP contribution in [0.1, 0.15) is 10.4 Å². The summed E-state index contributed by atoms with van der Waals surface area (Å²) in [5.74, 6) is 1.49. The number of carbonyl (C=O) groups excluding carboxylic acids is 1. The Bertz CT molecular complexity index is 709. The average Bonchev–Trinajstić information content (AvgIpc) is 2.54. The Hall–Kier alpha value is -2.46. The predicted molar refractivity (Wildman–Crippen MR) is 91.7 cm³/mol. The third-order valence-corrected chi connectivity index (χ3v) is 3.27. The molecule has 0 N–H and O–H groups in total. The van der Waals surface area contributed by atoms with Gasteiger partial charge in [-0.3, -0.25) is 4.79 Å². The predicted octanol–water partition coefficient (Wildman–Crippen LogP) is 4.40. The summed E-state index contributed by atoms with van der Waals surface area (Å²) >= 11 is 5.87. The van der Waals surface area contributed by atoms with Crippen LogP contribution in [0.25, 0.3) is 0 Å². The monoisotopic (exact) mass is 331 g/mol. The Kier molecular flexibility index (Phi) is 5.66. The number of benzene rings is 2. The molecule has 0 aliphatic carbocycles.